The van der Waals surface area contributed by atoms with Crippen molar-refractivity contribution in [2.24, 2.45) is 5.73 Å². The predicted octanol–water partition coefficient (Wildman–Crippen LogP) is 5.40. The van der Waals surface area contributed by atoms with E-state index < -0.39 is 0 Å². The summed E-state index contributed by atoms with van der Waals surface area (Å²) in [6.45, 7) is 10.3. The van der Waals surface area contributed by atoms with Crippen LogP contribution in [0.25, 0.3) is 10.8 Å². The zero-order chi connectivity index (χ0) is 20.1. The van der Waals surface area contributed by atoms with Gasteiger partial charge in [-0.2, -0.15) is 0 Å². The Balaban J connectivity index is 1.72. The highest BCUT2D eigenvalue weighted by Crippen LogP contribution is 2.34. The van der Waals surface area contributed by atoms with Gasteiger partial charge in [0.15, 0.2) is 0 Å². The van der Waals surface area contributed by atoms with E-state index in [0.717, 1.165) is 23.5 Å². The molecule has 0 aliphatic rings. The lowest BCUT2D eigenvalue weighted by Crippen LogP contribution is -2.17. The van der Waals surface area contributed by atoms with Gasteiger partial charge in [0, 0.05) is 5.56 Å². The maximum absolute atomic E-state index is 6.15. The van der Waals surface area contributed by atoms with Crippen LogP contribution in [0.15, 0.2) is 54.6 Å². The van der Waals surface area contributed by atoms with E-state index in [1.807, 2.05) is 6.07 Å². The number of hydrogen-bond acceptors (Lipinski definition) is 3. The smallest absolute Gasteiger partial charge is 0.126 e. The van der Waals surface area contributed by atoms with Crippen molar-refractivity contribution in [1.29, 1.82) is 0 Å². The summed E-state index contributed by atoms with van der Waals surface area (Å²) < 4.78 is 12.3. The molecule has 0 atom stereocenters. The molecule has 2 N–H and O–H groups in total. The molecule has 0 spiro atoms. The van der Waals surface area contributed by atoms with Crippen LogP contribution in [-0.2, 0) is 11.8 Å². The second-order valence-corrected chi connectivity index (χ2v) is 8.20. The molecule has 0 amide bonds. The molecule has 0 fully saturated rings. The first-order valence-corrected chi connectivity index (χ1v) is 9.98. The average molecular weight is 378 g/mol. The molecule has 3 aromatic rings. The van der Waals surface area contributed by atoms with Crippen LogP contribution in [0.4, 0.5) is 0 Å². The summed E-state index contributed by atoms with van der Waals surface area (Å²) in [6, 6.07) is 18.8. The molecule has 0 bridgehead atoms. The Bertz CT molecular complexity index is 941. The minimum Gasteiger partial charge on any atom is -0.490 e. The fourth-order valence-electron chi connectivity index (χ4n) is 3.58. The van der Waals surface area contributed by atoms with Crippen LogP contribution in [0.1, 0.15) is 37.5 Å². The van der Waals surface area contributed by atoms with Gasteiger partial charge in [-0.1, -0.05) is 69.3 Å². The minimum absolute atomic E-state index is 0.0366. The van der Waals surface area contributed by atoms with E-state index in [1.165, 1.54) is 21.9 Å². The highest BCUT2D eigenvalue weighted by atomic mass is 16.5. The topological polar surface area (TPSA) is 44.5 Å². The van der Waals surface area contributed by atoms with Gasteiger partial charge in [-0.3, -0.25) is 0 Å². The summed E-state index contributed by atoms with van der Waals surface area (Å²) >= 11 is 0. The lowest BCUT2D eigenvalue weighted by Gasteiger charge is -2.24. The van der Waals surface area contributed by atoms with Gasteiger partial charge in [0.1, 0.15) is 24.7 Å². The molecule has 28 heavy (non-hydrogen) atoms. The first kappa shape index (κ1) is 20.2. The first-order valence-electron chi connectivity index (χ1n) is 9.98. The summed E-state index contributed by atoms with van der Waals surface area (Å²) in [7, 11) is 0. The van der Waals surface area contributed by atoms with E-state index in [0.29, 0.717) is 19.8 Å². The van der Waals surface area contributed by atoms with Crippen molar-refractivity contribution in [3.05, 3.63) is 71.3 Å². The van der Waals surface area contributed by atoms with E-state index in [-0.39, 0.29) is 5.41 Å². The van der Waals surface area contributed by atoms with E-state index in [2.05, 4.69) is 76.2 Å². The molecule has 0 saturated heterocycles. The molecule has 3 heteroatoms. The van der Waals surface area contributed by atoms with Gasteiger partial charge in [0.05, 0.1) is 0 Å². The van der Waals surface area contributed by atoms with E-state index in [4.69, 9.17) is 15.2 Å². The van der Waals surface area contributed by atoms with Crippen LogP contribution < -0.4 is 15.2 Å². The summed E-state index contributed by atoms with van der Waals surface area (Å²) in [5, 5.41) is 2.42. The van der Waals surface area contributed by atoms with Gasteiger partial charge in [-0.25, -0.2) is 0 Å². The van der Waals surface area contributed by atoms with Crippen molar-refractivity contribution < 1.29 is 9.47 Å². The lowest BCUT2D eigenvalue weighted by molar-refractivity contribution is 0.212. The van der Waals surface area contributed by atoms with Gasteiger partial charge < -0.3 is 15.2 Å². The maximum Gasteiger partial charge on any atom is 0.126 e. The summed E-state index contributed by atoms with van der Waals surface area (Å²) in [4.78, 5) is 0. The molecule has 0 aliphatic heterocycles. The Kier molecular flexibility index (Phi) is 6.25. The summed E-state index contributed by atoms with van der Waals surface area (Å²) in [6.07, 6.45) is 0.795. The summed E-state index contributed by atoms with van der Waals surface area (Å²) in [5.74, 6) is 1.87. The molecule has 0 unspecified atom stereocenters. The normalized spacial score (nSPS) is 11.6. The van der Waals surface area contributed by atoms with Crippen LogP contribution in [0.5, 0.6) is 11.5 Å². The largest absolute Gasteiger partial charge is 0.490 e. The van der Waals surface area contributed by atoms with E-state index >= 15 is 0 Å². The highest BCUT2D eigenvalue weighted by molar-refractivity contribution is 5.87. The molecule has 3 nitrogen and oxygen atoms in total. The van der Waals surface area contributed by atoms with Crippen LogP contribution in [0.3, 0.4) is 0 Å². The van der Waals surface area contributed by atoms with Crippen molar-refractivity contribution >= 4 is 10.8 Å². The SMILES string of the molecule is Cc1cccc(C(C)(C)C)c1OCCOc1ccc2ccccc2c1CCN. The molecule has 0 aromatic heterocycles. The number of aryl methyl sites for hydroxylation is 1. The molecular weight excluding hydrogens is 346 g/mol. The Morgan fingerprint density at radius 3 is 2.36 bits per heavy atom. The van der Waals surface area contributed by atoms with Crippen molar-refractivity contribution in [3.63, 3.8) is 0 Å². The van der Waals surface area contributed by atoms with Gasteiger partial charge in [0.25, 0.3) is 0 Å². The standard InChI is InChI=1S/C25H31NO2/c1-18-8-7-11-22(25(2,3)4)24(18)28-17-16-27-23-13-12-19-9-5-6-10-20(19)21(23)14-15-26/h5-13H,14-17,26H2,1-4H3. The number of fused-ring (bicyclic) bond motifs is 1. The number of ether oxygens (including phenoxy) is 2. The van der Waals surface area contributed by atoms with Crippen LogP contribution >= 0.6 is 0 Å². The van der Waals surface area contributed by atoms with E-state index in [1.54, 1.807) is 0 Å². The molecular formula is C25H31NO2. The number of hydrogen-bond donors (Lipinski definition) is 1. The monoisotopic (exact) mass is 377 g/mol. The Hall–Kier alpha value is -2.52. The summed E-state index contributed by atoms with van der Waals surface area (Å²) in [5.41, 5.74) is 9.43. The predicted molar refractivity (Wildman–Crippen MR) is 118 cm³/mol. The zero-order valence-corrected chi connectivity index (χ0v) is 17.4. The van der Waals surface area contributed by atoms with Gasteiger partial charge in [-0.15, -0.1) is 0 Å². The van der Waals surface area contributed by atoms with Crippen molar-refractivity contribution in [3.8, 4) is 11.5 Å². The molecule has 0 saturated carbocycles. The molecule has 148 valence electrons. The quantitative estimate of drug-likeness (QED) is 0.560. The third-order valence-corrected chi connectivity index (χ3v) is 5.00. The van der Waals surface area contributed by atoms with Crippen LogP contribution in [-0.4, -0.2) is 19.8 Å². The average Bonchev–Trinajstić information content (AvgIpc) is 2.66. The molecule has 3 rings (SSSR count). The lowest BCUT2D eigenvalue weighted by atomic mass is 9.85. The maximum atomic E-state index is 6.15. The van der Waals surface area contributed by atoms with Crippen molar-refractivity contribution in [2.45, 2.75) is 39.5 Å². The number of rotatable bonds is 7. The van der Waals surface area contributed by atoms with Crippen molar-refractivity contribution in [2.75, 3.05) is 19.8 Å². The fraction of sp³-hybridized carbons (Fsp3) is 0.360. The third kappa shape index (κ3) is 4.48. The van der Waals surface area contributed by atoms with Gasteiger partial charge >= 0.3 is 0 Å². The highest BCUT2D eigenvalue weighted by Gasteiger charge is 2.20. The zero-order valence-electron chi connectivity index (χ0n) is 17.4. The fourth-order valence-corrected chi connectivity index (χ4v) is 3.58. The Morgan fingerprint density at radius 1 is 0.857 bits per heavy atom. The van der Waals surface area contributed by atoms with Gasteiger partial charge in [0.2, 0.25) is 0 Å². The molecule has 0 heterocycles. The molecule has 3 aromatic carbocycles. The Labute approximate surface area is 168 Å². The third-order valence-electron chi connectivity index (χ3n) is 5.00. The van der Waals surface area contributed by atoms with E-state index in [9.17, 15) is 0 Å². The van der Waals surface area contributed by atoms with Crippen LogP contribution in [0, 0.1) is 6.92 Å². The Morgan fingerprint density at radius 2 is 1.61 bits per heavy atom. The number of benzene rings is 3. The first-order chi connectivity index (χ1) is 13.4. The minimum atomic E-state index is 0.0366. The molecule has 0 aliphatic carbocycles. The second-order valence-electron chi connectivity index (χ2n) is 8.20. The van der Waals surface area contributed by atoms with Crippen LogP contribution in [0.2, 0.25) is 0 Å². The molecule has 0 radical (unpaired) electrons. The number of nitrogens with two attached hydrogens (primary N) is 1. The van der Waals surface area contributed by atoms with Gasteiger partial charge in [-0.05, 0) is 53.3 Å². The second kappa shape index (κ2) is 8.66. The van der Waals surface area contributed by atoms with Crippen molar-refractivity contribution in [1.82, 2.24) is 0 Å². The number of para-hydroxylation sites is 1.